The molecule has 0 spiro atoms. The third-order valence-corrected chi connectivity index (χ3v) is 3.56. The molecule has 0 fully saturated rings. The Morgan fingerprint density at radius 2 is 2.33 bits per heavy atom. The van der Waals surface area contributed by atoms with Crippen molar-refractivity contribution in [3.8, 4) is 0 Å². The Hall–Kier alpha value is -1.99. The molecule has 1 aliphatic heterocycles. The van der Waals surface area contributed by atoms with Gasteiger partial charge >= 0.3 is 0 Å². The molecule has 21 heavy (non-hydrogen) atoms. The summed E-state index contributed by atoms with van der Waals surface area (Å²) in [7, 11) is 1.94. The lowest BCUT2D eigenvalue weighted by Gasteiger charge is -2.27. The van der Waals surface area contributed by atoms with Gasteiger partial charge in [0, 0.05) is 38.4 Å². The quantitative estimate of drug-likeness (QED) is 0.579. The van der Waals surface area contributed by atoms with E-state index >= 15 is 0 Å². The summed E-state index contributed by atoms with van der Waals surface area (Å²) in [5, 5.41) is 12.6. The van der Waals surface area contributed by atoms with Gasteiger partial charge in [-0.3, -0.25) is 9.58 Å². The van der Waals surface area contributed by atoms with Crippen molar-refractivity contribution >= 4 is 0 Å². The Morgan fingerprint density at radius 3 is 3.10 bits per heavy atom. The summed E-state index contributed by atoms with van der Waals surface area (Å²) in [6.45, 7) is 8.24. The highest BCUT2D eigenvalue weighted by atomic mass is 16.5. The van der Waals surface area contributed by atoms with Gasteiger partial charge in [0.1, 0.15) is 5.69 Å². The smallest absolute Gasteiger partial charge is 0.113 e. The molecule has 7 heteroatoms. The van der Waals surface area contributed by atoms with Crippen LogP contribution in [0, 0.1) is 0 Å². The Bertz CT molecular complexity index is 617. The molecule has 3 heterocycles. The molecule has 0 aromatic carbocycles. The molecule has 1 aliphatic rings. The van der Waals surface area contributed by atoms with Crippen molar-refractivity contribution in [2.75, 3.05) is 13.2 Å². The number of hydrogen-bond donors (Lipinski definition) is 0. The summed E-state index contributed by atoms with van der Waals surface area (Å²) in [5.74, 6) is 0. The van der Waals surface area contributed by atoms with Crippen LogP contribution in [0.1, 0.15) is 17.0 Å². The van der Waals surface area contributed by atoms with Crippen molar-refractivity contribution in [3.63, 3.8) is 0 Å². The first kappa shape index (κ1) is 14.0. The highest BCUT2D eigenvalue weighted by molar-refractivity contribution is 5.12. The second-order valence-corrected chi connectivity index (χ2v) is 5.24. The van der Waals surface area contributed by atoms with Crippen molar-refractivity contribution < 1.29 is 4.74 Å². The van der Waals surface area contributed by atoms with Crippen LogP contribution in [0.25, 0.3) is 0 Å². The maximum absolute atomic E-state index is 5.48. The van der Waals surface area contributed by atoms with Gasteiger partial charge in [-0.15, -0.1) is 11.7 Å². The summed E-state index contributed by atoms with van der Waals surface area (Å²) < 4.78 is 9.30. The molecule has 2 aromatic rings. The largest absolute Gasteiger partial charge is 0.371 e. The molecule has 0 bridgehead atoms. The second-order valence-electron chi connectivity index (χ2n) is 5.24. The van der Waals surface area contributed by atoms with Crippen LogP contribution in [0.5, 0.6) is 0 Å². The van der Waals surface area contributed by atoms with Crippen LogP contribution in [-0.4, -0.2) is 42.8 Å². The zero-order valence-electron chi connectivity index (χ0n) is 12.3. The lowest BCUT2D eigenvalue weighted by Crippen LogP contribution is -2.33. The van der Waals surface area contributed by atoms with Gasteiger partial charge in [-0.05, 0) is 0 Å². The van der Waals surface area contributed by atoms with Gasteiger partial charge in [0.15, 0.2) is 0 Å². The maximum atomic E-state index is 5.48. The van der Waals surface area contributed by atoms with Crippen LogP contribution < -0.4 is 0 Å². The van der Waals surface area contributed by atoms with Crippen LogP contribution >= 0.6 is 0 Å². The van der Waals surface area contributed by atoms with E-state index < -0.39 is 0 Å². The van der Waals surface area contributed by atoms with E-state index in [0.717, 1.165) is 37.6 Å². The Morgan fingerprint density at radius 1 is 1.43 bits per heavy atom. The highest BCUT2D eigenvalue weighted by Crippen LogP contribution is 2.17. The van der Waals surface area contributed by atoms with E-state index in [0.29, 0.717) is 13.2 Å². The molecule has 112 valence electrons. The lowest BCUT2D eigenvalue weighted by atomic mass is 10.2. The Kier molecular flexibility index (Phi) is 4.12. The summed E-state index contributed by atoms with van der Waals surface area (Å²) in [6.07, 6.45) is 5.71. The van der Waals surface area contributed by atoms with Crippen molar-refractivity contribution in [2.24, 2.45) is 7.05 Å². The first-order valence-electron chi connectivity index (χ1n) is 7.06. The predicted octanol–water partition coefficient (Wildman–Crippen LogP) is 0.730. The maximum Gasteiger partial charge on any atom is 0.113 e. The number of nitrogens with zero attached hydrogens (tertiary/aromatic N) is 6. The van der Waals surface area contributed by atoms with Gasteiger partial charge in [-0.1, -0.05) is 11.3 Å². The van der Waals surface area contributed by atoms with Crippen LogP contribution in [0.2, 0.25) is 0 Å². The molecule has 2 aromatic heterocycles. The SMILES string of the molecule is C=CCOCc1nnn2c1CN(Cc1cnn(C)c1)CC2. The monoisotopic (exact) mass is 288 g/mol. The summed E-state index contributed by atoms with van der Waals surface area (Å²) in [4.78, 5) is 2.38. The van der Waals surface area contributed by atoms with Crippen LogP contribution in [-0.2, 0) is 38.0 Å². The number of aryl methyl sites for hydroxylation is 1. The van der Waals surface area contributed by atoms with Crippen molar-refractivity contribution in [1.29, 1.82) is 0 Å². The summed E-state index contributed by atoms with van der Waals surface area (Å²) in [6, 6.07) is 0. The summed E-state index contributed by atoms with van der Waals surface area (Å²) in [5.41, 5.74) is 3.30. The average molecular weight is 288 g/mol. The summed E-state index contributed by atoms with van der Waals surface area (Å²) >= 11 is 0. The van der Waals surface area contributed by atoms with Crippen LogP contribution in [0.15, 0.2) is 25.0 Å². The molecule has 0 N–H and O–H groups in total. The molecular weight excluding hydrogens is 268 g/mol. The molecule has 0 atom stereocenters. The number of rotatable bonds is 6. The normalized spacial score (nSPS) is 15.1. The molecule has 0 saturated heterocycles. The van der Waals surface area contributed by atoms with Gasteiger partial charge in [0.2, 0.25) is 0 Å². The Balaban J connectivity index is 1.65. The van der Waals surface area contributed by atoms with Crippen molar-refractivity contribution in [3.05, 3.63) is 42.0 Å². The van der Waals surface area contributed by atoms with E-state index in [2.05, 4.69) is 33.1 Å². The molecular formula is C14H20N6O. The fourth-order valence-electron chi connectivity index (χ4n) is 2.55. The van der Waals surface area contributed by atoms with Gasteiger partial charge in [-0.2, -0.15) is 5.10 Å². The second kappa shape index (κ2) is 6.19. The van der Waals surface area contributed by atoms with E-state index in [-0.39, 0.29) is 0 Å². The number of ether oxygens (including phenoxy) is 1. The predicted molar refractivity (Wildman–Crippen MR) is 77.2 cm³/mol. The topological polar surface area (TPSA) is 61.0 Å². The highest BCUT2D eigenvalue weighted by Gasteiger charge is 2.21. The van der Waals surface area contributed by atoms with Gasteiger partial charge in [-0.25, -0.2) is 4.68 Å². The fraction of sp³-hybridized carbons (Fsp3) is 0.500. The zero-order chi connectivity index (χ0) is 14.7. The standard InChI is InChI=1S/C14H20N6O/c1-3-6-21-11-13-14-10-19(4-5-20(14)17-16-13)9-12-7-15-18(2)8-12/h3,7-8H,1,4-6,9-11H2,2H3. The van der Waals surface area contributed by atoms with Crippen molar-refractivity contribution in [1.82, 2.24) is 29.7 Å². The first-order chi connectivity index (χ1) is 10.3. The number of aromatic nitrogens is 5. The Labute approximate surface area is 123 Å². The van der Waals surface area contributed by atoms with E-state index in [9.17, 15) is 0 Å². The van der Waals surface area contributed by atoms with Crippen LogP contribution in [0.4, 0.5) is 0 Å². The van der Waals surface area contributed by atoms with E-state index in [1.807, 2.05) is 22.6 Å². The third kappa shape index (κ3) is 3.20. The lowest BCUT2D eigenvalue weighted by molar-refractivity contribution is 0.142. The number of fused-ring (bicyclic) bond motifs is 1. The fourth-order valence-corrected chi connectivity index (χ4v) is 2.55. The molecule has 7 nitrogen and oxygen atoms in total. The van der Waals surface area contributed by atoms with Gasteiger partial charge in [0.25, 0.3) is 0 Å². The molecule has 0 amide bonds. The van der Waals surface area contributed by atoms with E-state index in [1.54, 1.807) is 6.08 Å². The van der Waals surface area contributed by atoms with Crippen LogP contribution in [0.3, 0.4) is 0 Å². The van der Waals surface area contributed by atoms with Gasteiger partial charge < -0.3 is 4.74 Å². The van der Waals surface area contributed by atoms with Gasteiger partial charge in [0.05, 0.1) is 31.6 Å². The molecule has 0 saturated carbocycles. The van der Waals surface area contributed by atoms with E-state index in [4.69, 9.17) is 4.74 Å². The van der Waals surface area contributed by atoms with E-state index in [1.165, 1.54) is 5.56 Å². The minimum Gasteiger partial charge on any atom is -0.371 e. The minimum absolute atomic E-state index is 0.488. The molecule has 0 radical (unpaired) electrons. The van der Waals surface area contributed by atoms with Crippen molar-refractivity contribution in [2.45, 2.75) is 26.2 Å². The molecule has 0 aliphatic carbocycles. The number of hydrogen-bond acceptors (Lipinski definition) is 5. The zero-order valence-corrected chi connectivity index (χ0v) is 12.3. The third-order valence-electron chi connectivity index (χ3n) is 3.56. The molecule has 0 unspecified atom stereocenters. The molecule has 3 rings (SSSR count). The minimum atomic E-state index is 0.488. The first-order valence-corrected chi connectivity index (χ1v) is 7.06. The average Bonchev–Trinajstić information content (AvgIpc) is 3.06.